The van der Waals surface area contributed by atoms with Crippen LogP contribution in [0.3, 0.4) is 0 Å². The molecule has 4 rings (SSSR count). The summed E-state index contributed by atoms with van der Waals surface area (Å²) in [6, 6.07) is 0. The summed E-state index contributed by atoms with van der Waals surface area (Å²) in [5.74, 6) is 3.76. The summed E-state index contributed by atoms with van der Waals surface area (Å²) in [7, 11) is 0. The van der Waals surface area contributed by atoms with Crippen LogP contribution in [-0.4, -0.2) is 16.8 Å². The molecule has 23 heavy (non-hydrogen) atoms. The van der Waals surface area contributed by atoms with E-state index in [0.29, 0.717) is 17.9 Å². The monoisotopic (exact) mass is 318 g/mol. The van der Waals surface area contributed by atoms with Gasteiger partial charge in [-0.15, -0.1) is 0 Å². The normalized spacial score (nSPS) is 52.9. The van der Waals surface area contributed by atoms with Gasteiger partial charge in [-0.1, -0.05) is 19.8 Å². The number of fused-ring (bicyclic) bond motifs is 5. The van der Waals surface area contributed by atoms with Crippen LogP contribution < -0.4 is 0 Å². The summed E-state index contributed by atoms with van der Waals surface area (Å²) in [5.41, 5.74) is 0.645. The van der Waals surface area contributed by atoms with E-state index in [-0.39, 0.29) is 5.41 Å². The third kappa shape index (κ3) is 2.16. The molecule has 0 spiro atoms. The van der Waals surface area contributed by atoms with Crippen molar-refractivity contribution in [3.8, 4) is 0 Å². The van der Waals surface area contributed by atoms with Gasteiger partial charge < -0.3 is 10.2 Å². The molecule has 4 aliphatic rings. The molecule has 2 heteroatoms. The lowest BCUT2D eigenvalue weighted by Gasteiger charge is -2.61. The zero-order valence-electron chi connectivity index (χ0n) is 14.7. The lowest BCUT2D eigenvalue weighted by molar-refractivity contribution is -0.137. The summed E-state index contributed by atoms with van der Waals surface area (Å²) in [6.07, 6.45) is 16.6. The van der Waals surface area contributed by atoms with E-state index < -0.39 is 0 Å². The Kier molecular flexibility index (Phi) is 4.03. The molecule has 0 aliphatic heterocycles. The Labute approximate surface area is 141 Å². The average molecular weight is 319 g/mol. The number of rotatable bonds is 2. The molecule has 0 aromatic rings. The van der Waals surface area contributed by atoms with Crippen LogP contribution in [0, 0.1) is 40.4 Å². The van der Waals surface area contributed by atoms with Crippen molar-refractivity contribution >= 4 is 0 Å². The van der Waals surface area contributed by atoms with E-state index in [1.807, 2.05) is 0 Å². The molecule has 0 aromatic heterocycles. The molecule has 0 heterocycles. The first kappa shape index (κ1) is 16.0. The maximum Gasteiger partial charge on any atom is 0.0754 e. The highest BCUT2D eigenvalue weighted by molar-refractivity contribution is 5.12. The van der Waals surface area contributed by atoms with E-state index in [1.54, 1.807) is 0 Å². The van der Waals surface area contributed by atoms with E-state index >= 15 is 0 Å². The van der Waals surface area contributed by atoms with Crippen molar-refractivity contribution in [3.63, 3.8) is 0 Å². The predicted molar refractivity (Wildman–Crippen MR) is 93.0 cm³/mol. The maximum absolute atomic E-state index is 10.4. The molecule has 0 amide bonds. The van der Waals surface area contributed by atoms with Crippen LogP contribution in [0.25, 0.3) is 0 Å². The van der Waals surface area contributed by atoms with Crippen molar-refractivity contribution in [1.29, 1.82) is 0 Å². The third-order valence-corrected chi connectivity index (χ3v) is 8.97. The predicted octanol–water partition coefficient (Wildman–Crippen LogP) is 5.08. The second kappa shape index (κ2) is 5.79. The minimum atomic E-state index is 0.257. The first-order chi connectivity index (χ1) is 11.2. The number of hydrogen-bond donors (Lipinski definition) is 2. The van der Waals surface area contributed by atoms with Gasteiger partial charge in [0.1, 0.15) is 0 Å². The number of aliphatic hydroxyl groups excluding tert-OH is 2. The zero-order chi connectivity index (χ0) is 16.1. The average Bonchev–Trinajstić information content (AvgIpc) is 2.91. The van der Waals surface area contributed by atoms with Gasteiger partial charge in [0.2, 0.25) is 0 Å². The van der Waals surface area contributed by atoms with Gasteiger partial charge in [-0.05, 0) is 97.9 Å². The zero-order valence-corrected chi connectivity index (χ0v) is 14.7. The van der Waals surface area contributed by atoms with Gasteiger partial charge in [-0.25, -0.2) is 0 Å². The molecule has 2 nitrogen and oxygen atoms in total. The molecule has 0 radical (unpaired) electrons. The second-order valence-electron chi connectivity index (χ2n) is 9.36. The smallest absolute Gasteiger partial charge is 0.0754 e. The SMILES string of the molecule is C[C@]12CC[C@H]3[C@@H](CCC4CCCC[C@@]43CO)[C@@H]1CC[C@@H]2C=CO. The van der Waals surface area contributed by atoms with Crippen LogP contribution in [0.5, 0.6) is 0 Å². The largest absolute Gasteiger partial charge is 0.516 e. The Hall–Kier alpha value is -0.500. The molecule has 4 fully saturated rings. The van der Waals surface area contributed by atoms with E-state index in [1.165, 1.54) is 70.5 Å². The van der Waals surface area contributed by atoms with Crippen LogP contribution in [0.2, 0.25) is 0 Å². The van der Waals surface area contributed by atoms with Crippen molar-refractivity contribution in [2.24, 2.45) is 40.4 Å². The molecule has 0 aromatic carbocycles. The van der Waals surface area contributed by atoms with E-state index in [0.717, 1.165) is 23.7 Å². The third-order valence-electron chi connectivity index (χ3n) is 8.97. The van der Waals surface area contributed by atoms with Gasteiger partial charge in [0.05, 0.1) is 6.26 Å². The highest BCUT2D eigenvalue weighted by Crippen LogP contribution is 2.67. The molecule has 0 bridgehead atoms. The minimum Gasteiger partial charge on any atom is -0.516 e. The minimum absolute atomic E-state index is 0.257. The van der Waals surface area contributed by atoms with E-state index in [9.17, 15) is 10.2 Å². The van der Waals surface area contributed by atoms with Gasteiger partial charge in [-0.2, -0.15) is 0 Å². The summed E-state index contributed by atoms with van der Waals surface area (Å²) in [6.45, 7) is 2.92. The van der Waals surface area contributed by atoms with Gasteiger partial charge in [0, 0.05) is 6.61 Å². The highest BCUT2D eigenvalue weighted by atomic mass is 16.3. The van der Waals surface area contributed by atoms with Crippen LogP contribution >= 0.6 is 0 Å². The Morgan fingerprint density at radius 3 is 2.61 bits per heavy atom. The lowest BCUT2D eigenvalue weighted by atomic mass is 9.44. The molecule has 4 saturated carbocycles. The summed E-state index contributed by atoms with van der Waals surface area (Å²) in [5, 5.41) is 19.7. The maximum atomic E-state index is 10.4. The molecule has 130 valence electrons. The van der Waals surface area contributed by atoms with Crippen LogP contribution in [0.15, 0.2) is 12.3 Å². The molecule has 2 N–H and O–H groups in total. The topological polar surface area (TPSA) is 40.5 Å². The fourth-order valence-corrected chi connectivity index (χ4v) is 7.84. The van der Waals surface area contributed by atoms with Gasteiger partial charge in [0.25, 0.3) is 0 Å². The Morgan fingerprint density at radius 1 is 0.957 bits per heavy atom. The van der Waals surface area contributed by atoms with Crippen LogP contribution in [-0.2, 0) is 0 Å². The quantitative estimate of drug-likeness (QED) is 0.697. The number of aliphatic hydroxyl groups is 2. The standard InChI is InChI=1S/C21H34O2/c1-20-12-9-19-17(18(20)8-6-15(20)10-13-22)7-5-16-4-2-3-11-21(16,19)14-23/h10,13,15-19,22-23H,2-9,11-12,14H2,1H3/t15-,16?,17+,18+,19+,20-,21-/m1/s1. The second-order valence-corrected chi connectivity index (χ2v) is 9.36. The number of hydrogen-bond acceptors (Lipinski definition) is 2. The summed E-state index contributed by atoms with van der Waals surface area (Å²) < 4.78 is 0. The molecule has 0 saturated heterocycles. The molecular formula is C21H34O2. The van der Waals surface area contributed by atoms with Gasteiger partial charge >= 0.3 is 0 Å². The Morgan fingerprint density at radius 2 is 1.83 bits per heavy atom. The lowest BCUT2D eigenvalue weighted by Crippen LogP contribution is -2.55. The Bertz CT molecular complexity index is 472. The van der Waals surface area contributed by atoms with Crippen molar-refractivity contribution in [3.05, 3.63) is 12.3 Å². The molecule has 7 atom stereocenters. The highest BCUT2D eigenvalue weighted by Gasteiger charge is 2.60. The van der Waals surface area contributed by atoms with Gasteiger partial charge in [0.15, 0.2) is 0 Å². The van der Waals surface area contributed by atoms with Crippen molar-refractivity contribution in [1.82, 2.24) is 0 Å². The number of allylic oxidation sites excluding steroid dienone is 1. The summed E-state index contributed by atoms with van der Waals surface area (Å²) in [4.78, 5) is 0. The first-order valence-corrected chi connectivity index (χ1v) is 10.1. The fraction of sp³-hybridized carbons (Fsp3) is 0.905. The van der Waals surface area contributed by atoms with Crippen LogP contribution in [0.1, 0.15) is 71.1 Å². The van der Waals surface area contributed by atoms with Crippen molar-refractivity contribution in [2.45, 2.75) is 71.1 Å². The molecular weight excluding hydrogens is 284 g/mol. The van der Waals surface area contributed by atoms with Crippen LogP contribution in [0.4, 0.5) is 0 Å². The van der Waals surface area contributed by atoms with Gasteiger partial charge in [-0.3, -0.25) is 0 Å². The first-order valence-electron chi connectivity index (χ1n) is 10.1. The fourth-order valence-electron chi connectivity index (χ4n) is 7.84. The van der Waals surface area contributed by atoms with Crippen molar-refractivity contribution in [2.75, 3.05) is 6.61 Å². The van der Waals surface area contributed by atoms with Crippen molar-refractivity contribution < 1.29 is 10.2 Å². The van der Waals surface area contributed by atoms with E-state index in [2.05, 4.69) is 13.0 Å². The molecule has 1 unspecified atom stereocenters. The Balaban J connectivity index is 1.64. The molecule has 4 aliphatic carbocycles. The van der Waals surface area contributed by atoms with E-state index in [4.69, 9.17) is 0 Å². The summed E-state index contributed by atoms with van der Waals surface area (Å²) >= 11 is 0.